The molecule has 2 fully saturated rings. The number of nitrogens with zero attached hydrogens (tertiary/aromatic N) is 4. The van der Waals surface area contributed by atoms with Crippen molar-refractivity contribution >= 4 is 28.6 Å². The SMILES string of the molecule is C=C(C)c1cc2cnc(NC3CCN(C(=O)OC(C)(C)C)CC3)nc2n(C2CCCC2C)c1=O. The zero-order valence-electron chi connectivity index (χ0n) is 21.1. The van der Waals surface area contributed by atoms with Gasteiger partial charge >= 0.3 is 6.09 Å². The van der Waals surface area contributed by atoms with Crippen LogP contribution in [0.1, 0.15) is 78.3 Å². The molecule has 2 aromatic rings. The van der Waals surface area contributed by atoms with Crippen molar-refractivity contribution in [3.05, 3.63) is 34.8 Å². The molecule has 0 bridgehead atoms. The molecule has 1 N–H and O–H groups in total. The Balaban J connectivity index is 1.56. The number of anilines is 1. The summed E-state index contributed by atoms with van der Waals surface area (Å²) < 4.78 is 7.37. The van der Waals surface area contributed by atoms with Gasteiger partial charge in [-0.25, -0.2) is 9.78 Å². The van der Waals surface area contributed by atoms with Gasteiger partial charge in [-0.3, -0.25) is 9.36 Å². The molecule has 1 aliphatic heterocycles. The van der Waals surface area contributed by atoms with Crippen LogP contribution in [0.3, 0.4) is 0 Å². The first kappa shape index (κ1) is 24.2. The number of hydrogen-bond donors (Lipinski definition) is 1. The summed E-state index contributed by atoms with van der Waals surface area (Å²) in [7, 11) is 0. The number of likely N-dealkylation sites (tertiary alicyclic amines) is 1. The number of amides is 1. The smallest absolute Gasteiger partial charge is 0.410 e. The number of rotatable bonds is 4. The minimum atomic E-state index is -0.498. The fraction of sp³-hybridized carbons (Fsp3) is 0.615. The van der Waals surface area contributed by atoms with Crippen molar-refractivity contribution in [3.63, 3.8) is 0 Å². The average Bonchev–Trinajstić information content (AvgIpc) is 3.18. The molecule has 8 heteroatoms. The number of allylic oxidation sites excluding steroid dienone is 1. The molecule has 8 nitrogen and oxygen atoms in total. The molecule has 184 valence electrons. The summed E-state index contributed by atoms with van der Waals surface area (Å²) >= 11 is 0. The number of pyridine rings is 1. The summed E-state index contributed by atoms with van der Waals surface area (Å²) in [6.07, 6.45) is 6.29. The number of aromatic nitrogens is 3. The van der Waals surface area contributed by atoms with Gasteiger partial charge < -0.3 is 15.0 Å². The van der Waals surface area contributed by atoms with Crippen LogP contribution in [0.2, 0.25) is 0 Å². The predicted octanol–water partition coefficient (Wildman–Crippen LogP) is 5.00. The lowest BCUT2D eigenvalue weighted by Crippen LogP contribution is -2.44. The van der Waals surface area contributed by atoms with E-state index in [1.165, 1.54) is 0 Å². The molecule has 4 rings (SSSR count). The lowest BCUT2D eigenvalue weighted by Gasteiger charge is -2.33. The Morgan fingerprint density at radius 2 is 1.91 bits per heavy atom. The molecule has 1 aliphatic carbocycles. The van der Waals surface area contributed by atoms with Crippen LogP contribution < -0.4 is 10.9 Å². The monoisotopic (exact) mass is 467 g/mol. The van der Waals surface area contributed by atoms with E-state index in [1.807, 2.05) is 38.3 Å². The van der Waals surface area contributed by atoms with Gasteiger partial charge in [-0.05, 0) is 70.9 Å². The molecular weight excluding hydrogens is 430 g/mol. The first-order valence-corrected chi connectivity index (χ1v) is 12.4. The molecule has 34 heavy (non-hydrogen) atoms. The largest absolute Gasteiger partial charge is 0.444 e. The van der Waals surface area contributed by atoms with Gasteiger partial charge in [0, 0.05) is 42.3 Å². The van der Waals surface area contributed by atoms with Gasteiger partial charge in [0.05, 0.1) is 0 Å². The van der Waals surface area contributed by atoms with E-state index < -0.39 is 5.60 Å². The van der Waals surface area contributed by atoms with Gasteiger partial charge in [-0.15, -0.1) is 0 Å². The predicted molar refractivity (Wildman–Crippen MR) is 135 cm³/mol. The first-order valence-electron chi connectivity index (χ1n) is 12.4. The fourth-order valence-electron chi connectivity index (χ4n) is 5.03. The maximum atomic E-state index is 13.4. The van der Waals surface area contributed by atoms with E-state index in [-0.39, 0.29) is 23.7 Å². The molecule has 3 heterocycles. The highest BCUT2D eigenvalue weighted by Crippen LogP contribution is 2.36. The maximum Gasteiger partial charge on any atom is 0.410 e. The van der Waals surface area contributed by atoms with Gasteiger partial charge in [0.15, 0.2) is 0 Å². The summed E-state index contributed by atoms with van der Waals surface area (Å²) in [6, 6.07) is 2.14. The van der Waals surface area contributed by atoms with Crippen molar-refractivity contribution in [2.24, 2.45) is 5.92 Å². The second-order valence-electron chi connectivity index (χ2n) is 10.8. The van der Waals surface area contributed by atoms with Crippen LogP contribution in [0.4, 0.5) is 10.7 Å². The molecule has 0 radical (unpaired) electrons. The highest BCUT2D eigenvalue weighted by Gasteiger charge is 2.30. The van der Waals surface area contributed by atoms with E-state index in [1.54, 1.807) is 11.1 Å². The van der Waals surface area contributed by atoms with Crippen LogP contribution in [-0.2, 0) is 4.74 Å². The number of ether oxygens (including phenoxy) is 1. The Hall–Kier alpha value is -2.90. The van der Waals surface area contributed by atoms with Gasteiger partial charge in [0.1, 0.15) is 11.2 Å². The lowest BCUT2D eigenvalue weighted by atomic mass is 10.0. The molecule has 2 aliphatic rings. The van der Waals surface area contributed by atoms with Crippen LogP contribution in [-0.4, -0.2) is 50.3 Å². The van der Waals surface area contributed by atoms with Gasteiger partial charge in [-0.1, -0.05) is 19.9 Å². The Labute approximate surface area is 201 Å². The summed E-state index contributed by atoms with van der Waals surface area (Å²) in [4.78, 5) is 36.9. The molecule has 2 unspecified atom stereocenters. The van der Waals surface area contributed by atoms with Gasteiger partial charge in [0.2, 0.25) is 5.95 Å². The van der Waals surface area contributed by atoms with Crippen LogP contribution in [0.15, 0.2) is 23.6 Å². The third kappa shape index (κ3) is 5.10. The number of hydrogen-bond acceptors (Lipinski definition) is 6. The topological polar surface area (TPSA) is 89.3 Å². The number of fused-ring (bicyclic) bond motifs is 1. The Morgan fingerprint density at radius 1 is 1.21 bits per heavy atom. The molecule has 0 aromatic carbocycles. The van der Waals surface area contributed by atoms with Crippen molar-refractivity contribution in [3.8, 4) is 0 Å². The zero-order valence-corrected chi connectivity index (χ0v) is 21.1. The number of piperidine rings is 1. The maximum absolute atomic E-state index is 13.4. The molecule has 1 amide bonds. The molecule has 1 saturated heterocycles. The molecule has 2 atom stereocenters. The van der Waals surface area contributed by atoms with Gasteiger partial charge in [0.25, 0.3) is 5.56 Å². The van der Waals surface area contributed by atoms with Crippen LogP contribution in [0.25, 0.3) is 16.6 Å². The molecular formula is C26H37N5O3. The van der Waals surface area contributed by atoms with Crippen molar-refractivity contribution in [1.29, 1.82) is 0 Å². The Bertz CT molecular complexity index is 1140. The zero-order chi connectivity index (χ0) is 24.6. The van der Waals surface area contributed by atoms with Crippen molar-refractivity contribution in [1.82, 2.24) is 19.4 Å². The van der Waals surface area contributed by atoms with Crippen molar-refractivity contribution in [2.45, 2.75) is 84.4 Å². The van der Waals surface area contributed by atoms with Crippen LogP contribution >= 0.6 is 0 Å². The Kier molecular flexibility index (Phi) is 6.69. The Morgan fingerprint density at radius 3 is 2.50 bits per heavy atom. The molecule has 2 aromatic heterocycles. The van der Waals surface area contributed by atoms with E-state index in [4.69, 9.17) is 9.72 Å². The van der Waals surface area contributed by atoms with Crippen LogP contribution in [0, 0.1) is 5.92 Å². The summed E-state index contributed by atoms with van der Waals surface area (Å²) in [5.74, 6) is 0.940. The average molecular weight is 468 g/mol. The van der Waals surface area contributed by atoms with Crippen molar-refractivity contribution in [2.75, 3.05) is 18.4 Å². The van der Waals surface area contributed by atoms with Gasteiger partial charge in [-0.2, -0.15) is 4.98 Å². The fourth-order valence-corrected chi connectivity index (χ4v) is 5.03. The molecule has 1 saturated carbocycles. The molecule has 0 spiro atoms. The van der Waals surface area contributed by atoms with E-state index in [2.05, 4.69) is 23.8 Å². The van der Waals surface area contributed by atoms with E-state index in [9.17, 15) is 9.59 Å². The second-order valence-corrected chi connectivity index (χ2v) is 10.8. The summed E-state index contributed by atoms with van der Waals surface area (Å²) in [5, 5.41) is 4.28. The number of carbonyl (C=O) groups is 1. The minimum Gasteiger partial charge on any atom is -0.444 e. The summed E-state index contributed by atoms with van der Waals surface area (Å²) in [5.41, 5.74) is 1.55. The third-order valence-corrected chi connectivity index (χ3v) is 6.86. The normalized spacial score (nSPS) is 21.6. The minimum absolute atomic E-state index is 0.0194. The van der Waals surface area contributed by atoms with E-state index in [0.29, 0.717) is 36.2 Å². The first-order chi connectivity index (χ1) is 16.0. The second kappa shape index (κ2) is 9.39. The quantitative estimate of drug-likeness (QED) is 0.681. The van der Waals surface area contributed by atoms with E-state index in [0.717, 1.165) is 43.1 Å². The highest BCUT2D eigenvalue weighted by molar-refractivity contribution is 5.80. The van der Waals surface area contributed by atoms with Crippen LogP contribution in [0.5, 0.6) is 0 Å². The standard InChI is InChI=1S/C26H37N5O3/c1-16(2)20-14-18-15-27-24(29-22(18)31(23(20)32)21-9-7-8-17(21)3)28-19-10-12-30(13-11-19)25(33)34-26(4,5)6/h14-15,17,19,21H,1,7-13H2,2-6H3,(H,27,28,29). The number of nitrogens with one attached hydrogen (secondary N) is 1. The van der Waals surface area contributed by atoms with Crippen molar-refractivity contribution < 1.29 is 9.53 Å². The number of carbonyl (C=O) groups excluding carboxylic acids is 1. The summed E-state index contributed by atoms with van der Waals surface area (Å²) in [6.45, 7) is 15.0. The lowest BCUT2D eigenvalue weighted by molar-refractivity contribution is 0.0210. The highest BCUT2D eigenvalue weighted by atomic mass is 16.6. The van der Waals surface area contributed by atoms with E-state index >= 15 is 0 Å². The third-order valence-electron chi connectivity index (χ3n) is 6.86.